The van der Waals surface area contributed by atoms with Crippen molar-refractivity contribution < 1.29 is 14.5 Å². The number of nitro benzene ring substituents is 1. The van der Waals surface area contributed by atoms with Gasteiger partial charge < -0.3 is 10.1 Å². The van der Waals surface area contributed by atoms with Gasteiger partial charge in [0.05, 0.1) is 22.0 Å². The van der Waals surface area contributed by atoms with E-state index in [2.05, 4.69) is 15.3 Å². The summed E-state index contributed by atoms with van der Waals surface area (Å²) < 4.78 is 5.06. The first-order valence-electron chi connectivity index (χ1n) is 8.91. The van der Waals surface area contributed by atoms with Gasteiger partial charge in [-0.25, -0.2) is 9.97 Å². The highest BCUT2D eigenvalue weighted by atomic mass is 35.5. The van der Waals surface area contributed by atoms with Gasteiger partial charge in [0.25, 0.3) is 11.6 Å². The van der Waals surface area contributed by atoms with Gasteiger partial charge in [-0.15, -0.1) is 0 Å². The number of nitrogens with one attached hydrogen (secondary N) is 1. The van der Waals surface area contributed by atoms with Crippen LogP contribution in [0.15, 0.2) is 70.5 Å². The van der Waals surface area contributed by atoms with E-state index >= 15 is 0 Å². The number of nitro groups is 1. The van der Waals surface area contributed by atoms with Gasteiger partial charge in [-0.2, -0.15) is 5.26 Å². The number of hydrogen-bond acceptors (Lipinski definition) is 8. The Hall–Kier alpha value is -3.94. The predicted molar refractivity (Wildman–Crippen MR) is 119 cm³/mol. The van der Waals surface area contributed by atoms with Gasteiger partial charge in [-0.05, 0) is 53.7 Å². The lowest BCUT2D eigenvalue weighted by Gasteiger charge is -2.08. The molecule has 3 aromatic rings. The molecule has 0 aliphatic rings. The zero-order valence-corrected chi connectivity index (χ0v) is 18.1. The molecule has 1 N–H and O–H groups in total. The number of aromatic nitrogens is 2. The molecule has 1 aromatic heterocycles. The van der Waals surface area contributed by atoms with Gasteiger partial charge in [0.15, 0.2) is 5.16 Å². The Bertz CT molecular complexity index is 1240. The number of hydrogen-bond donors (Lipinski definition) is 1. The number of nitrogens with zero attached hydrogens (tertiary/aromatic N) is 4. The number of methoxy groups -OCH3 is 1. The fraction of sp³-hybridized carbons (Fsp3) is 0.0476. The number of carbonyl (C=O) groups is 1. The number of benzene rings is 2. The first-order valence-corrected chi connectivity index (χ1v) is 10.1. The van der Waals surface area contributed by atoms with Gasteiger partial charge in [0.1, 0.15) is 17.4 Å². The van der Waals surface area contributed by atoms with Crippen LogP contribution in [-0.4, -0.2) is 27.9 Å². The molecule has 0 radical (unpaired) electrons. The Morgan fingerprint density at radius 3 is 2.66 bits per heavy atom. The minimum atomic E-state index is -0.687. The Balaban J connectivity index is 1.85. The average molecular weight is 468 g/mol. The molecular weight excluding hydrogens is 454 g/mol. The van der Waals surface area contributed by atoms with Crippen molar-refractivity contribution in [3.05, 3.63) is 81.1 Å². The van der Waals surface area contributed by atoms with E-state index in [1.165, 1.54) is 43.8 Å². The van der Waals surface area contributed by atoms with Crippen molar-refractivity contribution in [1.82, 2.24) is 9.97 Å². The second-order valence-electron chi connectivity index (χ2n) is 6.09. The number of anilines is 1. The molecule has 0 atom stereocenters. The van der Waals surface area contributed by atoms with Crippen molar-refractivity contribution >= 4 is 46.7 Å². The van der Waals surface area contributed by atoms with E-state index in [1.54, 1.807) is 24.3 Å². The van der Waals surface area contributed by atoms with Gasteiger partial charge in [-0.3, -0.25) is 14.9 Å². The molecule has 0 fully saturated rings. The fourth-order valence-electron chi connectivity index (χ4n) is 2.55. The number of ether oxygens (including phenoxy) is 1. The third-order valence-corrected chi connectivity index (χ3v) is 5.26. The lowest BCUT2D eigenvalue weighted by molar-refractivity contribution is -0.387. The maximum absolute atomic E-state index is 12.5. The van der Waals surface area contributed by atoms with Crippen molar-refractivity contribution in [3.63, 3.8) is 0 Å². The maximum atomic E-state index is 12.5. The number of amides is 1. The quantitative estimate of drug-likeness (QED) is 0.173. The van der Waals surface area contributed by atoms with Crippen LogP contribution in [0, 0.1) is 21.4 Å². The molecule has 32 heavy (non-hydrogen) atoms. The summed E-state index contributed by atoms with van der Waals surface area (Å²) in [6, 6.07) is 12.4. The Morgan fingerprint density at radius 2 is 2.03 bits per heavy atom. The third kappa shape index (κ3) is 5.60. The molecule has 0 saturated heterocycles. The van der Waals surface area contributed by atoms with E-state index < -0.39 is 10.8 Å². The minimum Gasteiger partial charge on any atom is -0.495 e. The van der Waals surface area contributed by atoms with Crippen LogP contribution in [0.1, 0.15) is 5.56 Å². The second-order valence-corrected chi connectivity index (χ2v) is 7.51. The summed E-state index contributed by atoms with van der Waals surface area (Å²) >= 11 is 7.08. The topological polar surface area (TPSA) is 131 Å². The SMILES string of the molecule is COc1ccc(NC(=O)/C(C#N)=C\c2ccc(Sc3ncccn3)c([N+](=O)[O-])c2)cc1Cl. The largest absolute Gasteiger partial charge is 0.495 e. The highest BCUT2D eigenvalue weighted by molar-refractivity contribution is 7.99. The highest BCUT2D eigenvalue weighted by Crippen LogP contribution is 2.34. The van der Waals surface area contributed by atoms with Crippen LogP contribution in [0.25, 0.3) is 6.08 Å². The Labute approximate surface area is 191 Å². The van der Waals surface area contributed by atoms with Gasteiger partial charge in [-0.1, -0.05) is 17.7 Å². The number of carbonyl (C=O) groups excluding carboxylic acids is 1. The van der Waals surface area contributed by atoms with Crippen molar-refractivity contribution in [2.24, 2.45) is 0 Å². The highest BCUT2D eigenvalue weighted by Gasteiger charge is 2.18. The summed E-state index contributed by atoms with van der Waals surface area (Å²) in [5.74, 6) is -0.251. The molecule has 0 aliphatic heterocycles. The van der Waals surface area contributed by atoms with Crippen LogP contribution >= 0.6 is 23.4 Å². The maximum Gasteiger partial charge on any atom is 0.283 e. The Morgan fingerprint density at radius 1 is 1.28 bits per heavy atom. The molecule has 0 saturated carbocycles. The molecule has 3 rings (SSSR count). The van der Waals surface area contributed by atoms with Crippen LogP contribution < -0.4 is 10.1 Å². The number of halogens is 1. The second kappa shape index (κ2) is 10.4. The molecule has 0 spiro atoms. The lowest BCUT2D eigenvalue weighted by Crippen LogP contribution is -2.13. The van der Waals surface area contributed by atoms with Crippen LogP contribution in [0.4, 0.5) is 11.4 Å². The molecule has 2 aromatic carbocycles. The van der Waals surface area contributed by atoms with Crippen LogP contribution in [-0.2, 0) is 4.79 Å². The van der Waals surface area contributed by atoms with E-state index in [4.69, 9.17) is 16.3 Å². The standard InChI is InChI=1S/C21H14ClN5O4S/c1-31-18-5-4-15(11-16(18)22)26-20(28)14(12-23)9-13-3-6-19(17(10-13)27(29)30)32-21-24-7-2-8-25-21/h2-11H,1H3,(H,26,28)/b14-9-. The molecule has 1 heterocycles. The first-order chi connectivity index (χ1) is 15.4. The van der Waals surface area contributed by atoms with Gasteiger partial charge in [0.2, 0.25) is 0 Å². The van der Waals surface area contributed by atoms with E-state index in [0.29, 0.717) is 32.1 Å². The molecular formula is C21H14ClN5O4S. The van der Waals surface area contributed by atoms with E-state index in [9.17, 15) is 20.2 Å². The van der Waals surface area contributed by atoms with Crippen molar-refractivity contribution in [3.8, 4) is 11.8 Å². The van der Waals surface area contributed by atoms with Crippen molar-refractivity contribution in [2.45, 2.75) is 10.1 Å². The monoisotopic (exact) mass is 467 g/mol. The van der Waals surface area contributed by atoms with Crippen LogP contribution in [0.3, 0.4) is 0 Å². The summed E-state index contributed by atoms with van der Waals surface area (Å²) in [4.78, 5) is 31.9. The molecule has 9 nitrogen and oxygen atoms in total. The van der Waals surface area contributed by atoms with E-state index in [-0.39, 0.29) is 11.3 Å². The van der Waals surface area contributed by atoms with Crippen molar-refractivity contribution in [2.75, 3.05) is 12.4 Å². The summed E-state index contributed by atoms with van der Waals surface area (Å²) in [5.41, 5.74) is 0.242. The number of nitriles is 1. The predicted octanol–water partition coefficient (Wildman–Crippen LogP) is 4.74. The lowest BCUT2D eigenvalue weighted by atomic mass is 10.1. The molecule has 0 aliphatic carbocycles. The van der Waals surface area contributed by atoms with Crippen LogP contribution in [0.2, 0.25) is 5.02 Å². The van der Waals surface area contributed by atoms with Crippen LogP contribution in [0.5, 0.6) is 5.75 Å². The smallest absolute Gasteiger partial charge is 0.283 e. The van der Waals surface area contributed by atoms with Gasteiger partial charge >= 0.3 is 0 Å². The minimum absolute atomic E-state index is 0.198. The van der Waals surface area contributed by atoms with Gasteiger partial charge in [0, 0.05) is 24.1 Å². The molecule has 0 unspecified atom stereocenters. The summed E-state index contributed by atoms with van der Waals surface area (Å²) in [6.07, 6.45) is 4.33. The normalized spacial score (nSPS) is 10.8. The Kier molecular flexibility index (Phi) is 7.38. The average Bonchev–Trinajstić information content (AvgIpc) is 2.79. The first kappa shape index (κ1) is 22.7. The zero-order chi connectivity index (χ0) is 23.1. The summed E-state index contributed by atoms with van der Waals surface area (Å²) in [6.45, 7) is 0. The number of rotatable bonds is 7. The third-order valence-electron chi connectivity index (χ3n) is 4.01. The molecule has 1 amide bonds. The zero-order valence-electron chi connectivity index (χ0n) is 16.5. The molecule has 11 heteroatoms. The molecule has 160 valence electrons. The fourth-order valence-corrected chi connectivity index (χ4v) is 3.60. The summed E-state index contributed by atoms with van der Waals surface area (Å²) in [7, 11) is 1.46. The summed E-state index contributed by atoms with van der Waals surface area (Å²) in [5, 5.41) is 24.2. The van der Waals surface area contributed by atoms with Crippen molar-refractivity contribution in [1.29, 1.82) is 5.26 Å². The molecule has 0 bridgehead atoms. The van der Waals surface area contributed by atoms with E-state index in [1.807, 2.05) is 6.07 Å². The van der Waals surface area contributed by atoms with E-state index in [0.717, 1.165) is 11.8 Å².